The molecule has 1 saturated heterocycles. The van der Waals surface area contributed by atoms with Gasteiger partial charge in [0.05, 0.1) is 5.41 Å². The number of rotatable bonds is 2. The van der Waals surface area contributed by atoms with Gasteiger partial charge in [-0.25, -0.2) is 5.84 Å². The minimum absolute atomic E-state index is 0.0125. The fourth-order valence-electron chi connectivity index (χ4n) is 3.35. The monoisotopic (exact) mass is 253 g/mol. The van der Waals surface area contributed by atoms with Crippen LogP contribution in [0.5, 0.6) is 0 Å². The van der Waals surface area contributed by atoms with Crippen molar-refractivity contribution < 1.29 is 9.59 Å². The third-order valence-corrected chi connectivity index (χ3v) is 4.62. The van der Waals surface area contributed by atoms with Crippen molar-refractivity contribution in [3.05, 3.63) is 0 Å². The molecule has 0 aromatic heterocycles. The van der Waals surface area contributed by atoms with Crippen molar-refractivity contribution >= 4 is 11.8 Å². The number of amides is 2. The third kappa shape index (κ3) is 2.11. The molecule has 0 radical (unpaired) electrons. The van der Waals surface area contributed by atoms with Crippen molar-refractivity contribution in [3.63, 3.8) is 0 Å². The van der Waals surface area contributed by atoms with Crippen LogP contribution < -0.4 is 11.3 Å². The van der Waals surface area contributed by atoms with Crippen molar-refractivity contribution in [3.8, 4) is 0 Å². The normalized spacial score (nSPS) is 32.3. The van der Waals surface area contributed by atoms with Gasteiger partial charge in [0.1, 0.15) is 0 Å². The highest BCUT2D eigenvalue weighted by Gasteiger charge is 2.49. The van der Waals surface area contributed by atoms with Crippen LogP contribution in [0.4, 0.5) is 0 Å². The zero-order valence-electron chi connectivity index (χ0n) is 11.2. The van der Waals surface area contributed by atoms with E-state index in [0.29, 0.717) is 5.91 Å². The van der Waals surface area contributed by atoms with Crippen LogP contribution in [-0.4, -0.2) is 29.3 Å². The molecule has 0 aromatic carbocycles. The molecule has 0 unspecified atom stereocenters. The predicted octanol–water partition coefficient (Wildman–Crippen LogP) is 0.794. The van der Waals surface area contributed by atoms with E-state index in [1.165, 1.54) is 0 Å². The minimum atomic E-state index is -0.185. The Balaban J connectivity index is 2.01. The van der Waals surface area contributed by atoms with Crippen molar-refractivity contribution in [2.75, 3.05) is 6.54 Å². The van der Waals surface area contributed by atoms with Gasteiger partial charge in [0.15, 0.2) is 0 Å². The lowest BCUT2D eigenvalue weighted by Crippen LogP contribution is -2.43. The molecule has 2 amide bonds. The highest BCUT2D eigenvalue weighted by Crippen LogP contribution is 2.46. The van der Waals surface area contributed by atoms with Crippen molar-refractivity contribution in [2.45, 2.75) is 52.0 Å². The van der Waals surface area contributed by atoms with Gasteiger partial charge < -0.3 is 4.90 Å². The van der Waals surface area contributed by atoms with Crippen molar-refractivity contribution in [1.82, 2.24) is 10.3 Å². The van der Waals surface area contributed by atoms with Gasteiger partial charge in [0, 0.05) is 18.5 Å². The average Bonchev–Trinajstić information content (AvgIpc) is 2.67. The molecule has 2 rings (SSSR count). The lowest BCUT2D eigenvalue weighted by atomic mass is 9.69. The number of hydrazine groups is 1. The summed E-state index contributed by atoms with van der Waals surface area (Å²) in [5.74, 6) is 5.36. The number of hydrogen-bond donors (Lipinski definition) is 2. The molecule has 5 heteroatoms. The zero-order valence-corrected chi connectivity index (χ0v) is 11.2. The Bertz CT molecular complexity index is 346. The second-order valence-electron chi connectivity index (χ2n) is 5.91. The Kier molecular flexibility index (Phi) is 3.61. The van der Waals surface area contributed by atoms with E-state index in [1.807, 2.05) is 4.90 Å². The van der Waals surface area contributed by atoms with E-state index >= 15 is 0 Å². The SMILES string of the molecule is CC(C)N1CCC2(CCC(C(=O)NN)CC2)C1=O. The summed E-state index contributed by atoms with van der Waals surface area (Å²) in [6.07, 6.45) is 4.16. The number of carbonyl (C=O) groups is 2. The molecule has 1 saturated carbocycles. The Morgan fingerprint density at radius 2 is 2.00 bits per heavy atom. The maximum atomic E-state index is 12.5. The summed E-state index contributed by atoms with van der Waals surface area (Å²) < 4.78 is 0. The van der Waals surface area contributed by atoms with Gasteiger partial charge in [-0.1, -0.05) is 0 Å². The van der Waals surface area contributed by atoms with Crippen LogP contribution in [0.2, 0.25) is 0 Å². The fraction of sp³-hybridized carbons (Fsp3) is 0.846. The summed E-state index contributed by atoms with van der Waals surface area (Å²) in [5.41, 5.74) is 2.03. The Labute approximate surface area is 108 Å². The number of likely N-dealkylation sites (tertiary alicyclic amines) is 1. The summed E-state index contributed by atoms with van der Waals surface area (Å²) >= 11 is 0. The average molecular weight is 253 g/mol. The molecule has 102 valence electrons. The fourth-order valence-corrected chi connectivity index (χ4v) is 3.35. The van der Waals surface area contributed by atoms with E-state index in [9.17, 15) is 9.59 Å². The lowest BCUT2D eigenvalue weighted by Gasteiger charge is -2.35. The van der Waals surface area contributed by atoms with E-state index in [4.69, 9.17) is 5.84 Å². The summed E-state index contributed by atoms with van der Waals surface area (Å²) in [7, 11) is 0. The van der Waals surface area contributed by atoms with E-state index in [2.05, 4.69) is 19.3 Å². The number of hydrogen-bond acceptors (Lipinski definition) is 3. The summed E-state index contributed by atoms with van der Waals surface area (Å²) in [4.78, 5) is 25.9. The highest BCUT2D eigenvalue weighted by atomic mass is 16.2. The van der Waals surface area contributed by atoms with E-state index in [0.717, 1.165) is 38.6 Å². The van der Waals surface area contributed by atoms with Crippen molar-refractivity contribution in [1.29, 1.82) is 0 Å². The molecule has 2 aliphatic rings. The smallest absolute Gasteiger partial charge is 0.236 e. The molecule has 3 N–H and O–H groups in total. The van der Waals surface area contributed by atoms with Gasteiger partial charge in [0.2, 0.25) is 11.8 Å². The summed E-state index contributed by atoms with van der Waals surface area (Å²) in [6.45, 7) is 4.99. The third-order valence-electron chi connectivity index (χ3n) is 4.62. The number of nitrogens with zero attached hydrogens (tertiary/aromatic N) is 1. The van der Waals surface area contributed by atoms with Crippen LogP contribution in [0.1, 0.15) is 46.0 Å². The standard InChI is InChI=1S/C13H23N3O2/c1-9(2)16-8-7-13(12(16)18)5-3-10(4-6-13)11(17)15-14/h9-10H,3-8,14H2,1-2H3,(H,15,17). The molecular formula is C13H23N3O2. The first kappa shape index (κ1) is 13.3. The number of carbonyl (C=O) groups excluding carboxylic acids is 2. The zero-order chi connectivity index (χ0) is 13.3. The second kappa shape index (κ2) is 4.88. The maximum absolute atomic E-state index is 12.5. The lowest BCUT2D eigenvalue weighted by molar-refractivity contribution is -0.141. The molecule has 1 spiro atoms. The van der Waals surface area contributed by atoms with Gasteiger partial charge in [0.25, 0.3) is 0 Å². The van der Waals surface area contributed by atoms with Gasteiger partial charge in [-0.15, -0.1) is 0 Å². The van der Waals surface area contributed by atoms with E-state index < -0.39 is 0 Å². The molecule has 0 bridgehead atoms. The Morgan fingerprint density at radius 3 is 2.44 bits per heavy atom. The van der Waals surface area contributed by atoms with Crippen LogP contribution in [0.3, 0.4) is 0 Å². The molecule has 2 fully saturated rings. The molecule has 0 atom stereocenters. The quantitative estimate of drug-likeness (QED) is 0.434. The molecule has 18 heavy (non-hydrogen) atoms. The molecule has 1 aliphatic heterocycles. The largest absolute Gasteiger partial charge is 0.340 e. The van der Waals surface area contributed by atoms with Crippen LogP contribution in [0.15, 0.2) is 0 Å². The molecular weight excluding hydrogens is 230 g/mol. The van der Waals surface area contributed by atoms with E-state index in [-0.39, 0.29) is 23.3 Å². The van der Waals surface area contributed by atoms with Crippen molar-refractivity contribution in [2.24, 2.45) is 17.2 Å². The first-order valence-electron chi connectivity index (χ1n) is 6.82. The van der Waals surface area contributed by atoms with Crippen LogP contribution in [0.25, 0.3) is 0 Å². The summed E-state index contributed by atoms with van der Waals surface area (Å²) in [5, 5.41) is 0. The van der Waals surface area contributed by atoms with Gasteiger partial charge in [-0.3, -0.25) is 15.0 Å². The maximum Gasteiger partial charge on any atom is 0.236 e. The first-order valence-corrected chi connectivity index (χ1v) is 6.82. The van der Waals surface area contributed by atoms with Gasteiger partial charge in [-0.2, -0.15) is 0 Å². The molecule has 0 aromatic rings. The number of nitrogens with one attached hydrogen (secondary N) is 1. The van der Waals surface area contributed by atoms with Gasteiger partial charge in [-0.05, 0) is 46.0 Å². The van der Waals surface area contributed by atoms with Crippen LogP contribution in [-0.2, 0) is 9.59 Å². The predicted molar refractivity (Wildman–Crippen MR) is 68.2 cm³/mol. The second-order valence-corrected chi connectivity index (χ2v) is 5.91. The minimum Gasteiger partial charge on any atom is -0.340 e. The topological polar surface area (TPSA) is 75.4 Å². The molecule has 1 heterocycles. The Morgan fingerprint density at radius 1 is 1.39 bits per heavy atom. The van der Waals surface area contributed by atoms with Crippen LogP contribution >= 0.6 is 0 Å². The molecule has 5 nitrogen and oxygen atoms in total. The Hall–Kier alpha value is -1.10. The highest BCUT2D eigenvalue weighted by molar-refractivity contribution is 5.86. The summed E-state index contributed by atoms with van der Waals surface area (Å²) in [6, 6.07) is 0.280. The van der Waals surface area contributed by atoms with E-state index in [1.54, 1.807) is 0 Å². The van der Waals surface area contributed by atoms with Gasteiger partial charge >= 0.3 is 0 Å². The number of nitrogens with two attached hydrogens (primary N) is 1. The first-order chi connectivity index (χ1) is 8.50. The van der Waals surface area contributed by atoms with Crippen LogP contribution in [0, 0.1) is 11.3 Å². The molecule has 1 aliphatic carbocycles.